The fourth-order valence-corrected chi connectivity index (χ4v) is 6.88. The highest BCUT2D eigenvalue weighted by atomic mass is 32.2. The maximum Gasteiger partial charge on any atom is 0.243 e. The summed E-state index contributed by atoms with van der Waals surface area (Å²) in [5.41, 5.74) is 2.08. The van der Waals surface area contributed by atoms with Crippen LogP contribution in [0.1, 0.15) is 49.7 Å². The summed E-state index contributed by atoms with van der Waals surface area (Å²) < 4.78 is 27.6. The second kappa shape index (κ2) is 8.97. The van der Waals surface area contributed by atoms with Crippen LogP contribution < -0.4 is 0 Å². The molecular weight excluding hydrogens is 398 g/mol. The smallest absolute Gasteiger partial charge is 0.243 e. The minimum Gasteiger partial charge on any atom is -0.338 e. The lowest BCUT2D eigenvalue weighted by Crippen LogP contribution is -2.55. The van der Waals surface area contributed by atoms with Gasteiger partial charge in [-0.25, -0.2) is 8.42 Å². The van der Waals surface area contributed by atoms with Crippen molar-refractivity contribution in [1.29, 1.82) is 0 Å². The van der Waals surface area contributed by atoms with Crippen LogP contribution in [0.15, 0.2) is 23.1 Å². The molecule has 0 bridgehead atoms. The number of hydrogen-bond acceptors (Lipinski definition) is 4. The summed E-state index contributed by atoms with van der Waals surface area (Å²) in [5, 5.41) is 0. The SMILES string of the molecule is Cc1ccc(S(=O)(=O)N2CCN(CC(=O)N3CCC[C@H]4CCCC[C@H]43)CC2)cc1C. The normalized spacial score (nSPS) is 26.4. The molecule has 1 aliphatic carbocycles. The minimum absolute atomic E-state index is 0.233. The third kappa shape index (κ3) is 4.43. The Kier molecular flexibility index (Phi) is 6.51. The van der Waals surface area contributed by atoms with Crippen LogP contribution in [0.4, 0.5) is 0 Å². The number of piperazine rings is 1. The summed E-state index contributed by atoms with van der Waals surface area (Å²) in [6.07, 6.45) is 7.35. The van der Waals surface area contributed by atoms with E-state index in [-0.39, 0.29) is 5.91 Å². The van der Waals surface area contributed by atoms with Gasteiger partial charge in [0.2, 0.25) is 15.9 Å². The Morgan fingerprint density at radius 3 is 2.37 bits per heavy atom. The van der Waals surface area contributed by atoms with Crippen LogP contribution in [-0.4, -0.2) is 73.7 Å². The molecule has 3 fully saturated rings. The first kappa shape index (κ1) is 21.8. The highest BCUT2D eigenvalue weighted by Crippen LogP contribution is 2.35. The third-order valence-electron chi connectivity index (χ3n) is 7.37. The van der Waals surface area contributed by atoms with E-state index in [2.05, 4.69) is 9.80 Å². The molecule has 0 radical (unpaired) electrons. The number of carbonyl (C=O) groups excluding carboxylic acids is 1. The average Bonchev–Trinajstić information content (AvgIpc) is 2.75. The van der Waals surface area contributed by atoms with E-state index in [1.807, 2.05) is 19.9 Å². The number of amides is 1. The molecule has 6 nitrogen and oxygen atoms in total. The first-order valence-electron chi connectivity index (χ1n) is 11.5. The summed E-state index contributed by atoms with van der Waals surface area (Å²) >= 11 is 0. The number of aryl methyl sites for hydroxylation is 2. The van der Waals surface area contributed by atoms with Gasteiger partial charge in [-0.1, -0.05) is 18.9 Å². The zero-order valence-electron chi connectivity index (χ0n) is 18.3. The number of sulfonamides is 1. The quantitative estimate of drug-likeness (QED) is 0.733. The lowest BCUT2D eigenvalue weighted by atomic mass is 9.78. The van der Waals surface area contributed by atoms with Gasteiger partial charge in [0, 0.05) is 38.8 Å². The summed E-state index contributed by atoms with van der Waals surface area (Å²) in [4.78, 5) is 17.7. The van der Waals surface area contributed by atoms with Crippen LogP contribution in [-0.2, 0) is 14.8 Å². The van der Waals surface area contributed by atoms with Crippen LogP contribution in [0.3, 0.4) is 0 Å². The van der Waals surface area contributed by atoms with E-state index < -0.39 is 10.0 Å². The van der Waals surface area contributed by atoms with Crippen LogP contribution in [0, 0.1) is 19.8 Å². The third-order valence-corrected chi connectivity index (χ3v) is 9.26. The molecule has 2 heterocycles. The molecule has 30 heavy (non-hydrogen) atoms. The Morgan fingerprint density at radius 2 is 1.63 bits per heavy atom. The zero-order chi connectivity index (χ0) is 21.3. The molecule has 3 aliphatic rings. The number of fused-ring (bicyclic) bond motifs is 1. The molecule has 1 aromatic carbocycles. The van der Waals surface area contributed by atoms with E-state index in [4.69, 9.17) is 0 Å². The van der Waals surface area contributed by atoms with Gasteiger partial charge < -0.3 is 4.90 Å². The number of hydrogen-bond donors (Lipinski definition) is 0. The molecule has 0 unspecified atom stereocenters. The number of likely N-dealkylation sites (tertiary alicyclic amines) is 1. The van der Waals surface area contributed by atoms with Crippen LogP contribution >= 0.6 is 0 Å². The lowest BCUT2D eigenvalue weighted by molar-refractivity contribution is -0.139. The minimum atomic E-state index is -3.48. The maximum atomic E-state index is 13.0. The molecule has 0 aromatic heterocycles. The second-order valence-electron chi connectivity index (χ2n) is 9.27. The van der Waals surface area contributed by atoms with E-state index in [9.17, 15) is 13.2 Å². The summed E-state index contributed by atoms with van der Waals surface area (Å²) in [5.74, 6) is 0.925. The van der Waals surface area contributed by atoms with Gasteiger partial charge in [0.05, 0.1) is 11.4 Å². The number of carbonyl (C=O) groups is 1. The summed E-state index contributed by atoms with van der Waals surface area (Å²) in [7, 11) is -3.48. The van der Waals surface area contributed by atoms with Crippen LogP contribution in [0.25, 0.3) is 0 Å². The Balaban J connectivity index is 1.34. The van der Waals surface area contributed by atoms with Gasteiger partial charge in [-0.3, -0.25) is 9.69 Å². The molecule has 166 valence electrons. The number of rotatable bonds is 4. The molecule has 2 aliphatic heterocycles. The molecule has 2 atom stereocenters. The fourth-order valence-electron chi connectivity index (χ4n) is 5.37. The van der Waals surface area contributed by atoms with Crippen LogP contribution in [0.5, 0.6) is 0 Å². The van der Waals surface area contributed by atoms with Crippen molar-refractivity contribution in [2.45, 2.75) is 63.3 Å². The Labute approximate surface area is 181 Å². The predicted molar refractivity (Wildman–Crippen MR) is 118 cm³/mol. The van der Waals surface area contributed by atoms with Gasteiger partial charge in [-0.05, 0) is 68.7 Å². The van der Waals surface area contributed by atoms with E-state index >= 15 is 0 Å². The second-order valence-corrected chi connectivity index (χ2v) is 11.2. The van der Waals surface area contributed by atoms with Gasteiger partial charge in [0.15, 0.2) is 0 Å². The topological polar surface area (TPSA) is 60.9 Å². The number of benzene rings is 1. The van der Waals surface area contributed by atoms with Crippen LogP contribution in [0.2, 0.25) is 0 Å². The van der Waals surface area contributed by atoms with Gasteiger partial charge in [-0.2, -0.15) is 4.31 Å². The molecule has 1 amide bonds. The van der Waals surface area contributed by atoms with Crippen molar-refractivity contribution >= 4 is 15.9 Å². The highest BCUT2D eigenvalue weighted by molar-refractivity contribution is 7.89. The van der Waals surface area contributed by atoms with E-state index in [1.165, 1.54) is 25.7 Å². The monoisotopic (exact) mass is 433 g/mol. The van der Waals surface area contributed by atoms with E-state index in [0.29, 0.717) is 49.6 Å². The molecule has 0 N–H and O–H groups in total. The van der Waals surface area contributed by atoms with Gasteiger partial charge in [0.25, 0.3) is 0 Å². The van der Waals surface area contributed by atoms with E-state index in [1.54, 1.807) is 16.4 Å². The Bertz CT molecular complexity index is 876. The maximum absolute atomic E-state index is 13.0. The van der Waals surface area contributed by atoms with Crippen molar-refractivity contribution in [2.75, 3.05) is 39.3 Å². The molecule has 4 rings (SSSR count). The average molecular weight is 434 g/mol. The molecule has 1 saturated carbocycles. The van der Waals surface area contributed by atoms with Gasteiger partial charge in [-0.15, -0.1) is 0 Å². The Hall–Kier alpha value is -1.44. The largest absolute Gasteiger partial charge is 0.338 e. The molecular formula is C23H35N3O3S. The van der Waals surface area contributed by atoms with Crippen molar-refractivity contribution in [3.8, 4) is 0 Å². The lowest BCUT2D eigenvalue weighted by Gasteiger charge is -2.45. The van der Waals surface area contributed by atoms with Gasteiger partial charge in [0.1, 0.15) is 0 Å². The van der Waals surface area contributed by atoms with E-state index in [0.717, 1.165) is 30.5 Å². The summed E-state index contributed by atoms with van der Waals surface area (Å²) in [6, 6.07) is 5.77. The number of nitrogens with zero attached hydrogens (tertiary/aromatic N) is 3. The molecule has 7 heteroatoms. The van der Waals surface area contributed by atoms with Crippen molar-refractivity contribution < 1.29 is 13.2 Å². The Morgan fingerprint density at radius 1 is 0.933 bits per heavy atom. The standard InChI is InChI=1S/C23H35N3O3S/c1-18-9-10-21(16-19(18)2)30(28,29)25-14-12-24(13-15-25)17-23(27)26-11-5-7-20-6-3-4-8-22(20)26/h9-10,16,20,22H,3-8,11-15,17H2,1-2H3/t20-,22-/m1/s1. The first-order chi connectivity index (χ1) is 14.4. The number of piperidine rings is 1. The fraction of sp³-hybridized carbons (Fsp3) is 0.696. The van der Waals surface area contributed by atoms with Crippen molar-refractivity contribution in [3.63, 3.8) is 0 Å². The predicted octanol–water partition coefficient (Wildman–Crippen LogP) is 2.79. The molecule has 0 spiro atoms. The van der Waals surface area contributed by atoms with Crippen molar-refractivity contribution in [2.24, 2.45) is 5.92 Å². The van der Waals surface area contributed by atoms with Crippen molar-refractivity contribution in [1.82, 2.24) is 14.1 Å². The van der Waals surface area contributed by atoms with Crippen molar-refractivity contribution in [3.05, 3.63) is 29.3 Å². The first-order valence-corrected chi connectivity index (χ1v) is 12.9. The zero-order valence-corrected chi connectivity index (χ0v) is 19.2. The molecule has 1 aromatic rings. The summed E-state index contributed by atoms with van der Waals surface area (Å²) in [6.45, 7) is 7.33. The highest BCUT2D eigenvalue weighted by Gasteiger charge is 2.36. The van der Waals surface area contributed by atoms with Gasteiger partial charge >= 0.3 is 0 Å². The molecule has 2 saturated heterocycles.